The number of hydrogen-bond acceptors (Lipinski definition) is 3. The maximum atomic E-state index is 5.80. The van der Waals surface area contributed by atoms with Crippen molar-refractivity contribution in [1.82, 2.24) is 5.32 Å². The Labute approximate surface area is 110 Å². The van der Waals surface area contributed by atoms with Crippen LogP contribution in [0.15, 0.2) is 18.2 Å². The highest BCUT2D eigenvalue weighted by molar-refractivity contribution is 5.43. The van der Waals surface area contributed by atoms with Gasteiger partial charge in [-0.3, -0.25) is 0 Å². The van der Waals surface area contributed by atoms with Crippen LogP contribution >= 0.6 is 0 Å². The van der Waals surface area contributed by atoms with Gasteiger partial charge in [-0.15, -0.1) is 0 Å². The van der Waals surface area contributed by atoms with Crippen molar-refractivity contribution >= 4 is 0 Å². The number of methoxy groups -OCH3 is 1. The Balaban J connectivity index is 2.80. The Morgan fingerprint density at radius 1 is 1.22 bits per heavy atom. The fraction of sp³-hybridized carbons (Fsp3) is 0.600. The molecule has 2 unspecified atom stereocenters. The van der Waals surface area contributed by atoms with Crippen molar-refractivity contribution in [2.45, 2.75) is 33.2 Å². The lowest BCUT2D eigenvalue weighted by atomic mass is 10.1. The van der Waals surface area contributed by atoms with Crippen molar-refractivity contribution in [3.05, 3.63) is 23.8 Å². The van der Waals surface area contributed by atoms with Crippen LogP contribution < -0.4 is 14.8 Å². The highest BCUT2D eigenvalue weighted by Crippen LogP contribution is 2.30. The molecule has 2 atom stereocenters. The Kier molecular flexibility index (Phi) is 5.99. The maximum absolute atomic E-state index is 5.80. The summed E-state index contributed by atoms with van der Waals surface area (Å²) in [5.41, 5.74) is 1.20. The monoisotopic (exact) mass is 251 g/mol. The second-order valence-corrected chi connectivity index (χ2v) is 4.75. The second kappa shape index (κ2) is 7.27. The van der Waals surface area contributed by atoms with Crippen LogP contribution in [0.5, 0.6) is 11.5 Å². The number of rotatable bonds is 7. The molecule has 0 saturated heterocycles. The number of hydrogen-bond donors (Lipinski definition) is 1. The van der Waals surface area contributed by atoms with E-state index in [4.69, 9.17) is 9.47 Å². The van der Waals surface area contributed by atoms with E-state index in [9.17, 15) is 0 Å². The van der Waals surface area contributed by atoms with E-state index in [1.54, 1.807) is 7.11 Å². The topological polar surface area (TPSA) is 30.5 Å². The van der Waals surface area contributed by atoms with Crippen LogP contribution in [0.2, 0.25) is 0 Å². The molecule has 102 valence electrons. The number of ether oxygens (including phenoxy) is 2. The van der Waals surface area contributed by atoms with E-state index >= 15 is 0 Å². The second-order valence-electron chi connectivity index (χ2n) is 4.75. The van der Waals surface area contributed by atoms with Crippen molar-refractivity contribution in [2.75, 3.05) is 20.8 Å². The lowest BCUT2D eigenvalue weighted by Crippen LogP contribution is -2.13. The van der Waals surface area contributed by atoms with E-state index in [1.165, 1.54) is 5.56 Å². The van der Waals surface area contributed by atoms with Gasteiger partial charge in [-0.25, -0.2) is 0 Å². The fourth-order valence-corrected chi connectivity index (χ4v) is 1.59. The van der Waals surface area contributed by atoms with Crippen molar-refractivity contribution in [1.29, 1.82) is 0 Å². The Morgan fingerprint density at radius 3 is 2.50 bits per heavy atom. The predicted molar refractivity (Wildman–Crippen MR) is 75.4 cm³/mol. The van der Waals surface area contributed by atoms with E-state index in [1.807, 2.05) is 19.2 Å². The average Bonchev–Trinajstić information content (AvgIpc) is 2.43. The van der Waals surface area contributed by atoms with Gasteiger partial charge >= 0.3 is 0 Å². The molecule has 0 aromatic heterocycles. The zero-order valence-corrected chi connectivity index (χ0v) is 12.1. The summed E-state index contributed by atoms with van der Waals surface area (Å²) >= 11 is 0. The quantitative estimate of drug-likeness (QED) is 0.805. The van der Waals surface area contributed by atoms with Crippen LogP contribution in [0.25, 0.3) is 0 Å². The van der Waals surface area contributed by atoms with Gasteiger partial charge in [-0.1, -0.05) is 26.3 Å². The molecule has 0 spiro atoms. The zero-order chi connectivity index (χ0) is 13.5. The number of benzene rings is 1. The van der Waals surface area contributed by atoms with Gasteiger partial charge in [0.1, 0.15) is 0 Å². The van der Waals surface area contributed by atoms with Crippen molar-refractivity contribution < 1.29 is 9.47 Å². The SMILES string of the molecule is CCC(C)COc1ccc(C(C)NC)cc1OC. The van der Waals surface area contributed by atoms with Crippen LogP contribution in [0, 0.1) is 5.92 Å². The summed E-state index contributed by atoms with van der Waals surface area (Å²) in [4.78, 5) is 0. The Bertz CT molecular complexity index is 366. The fourth-order valence-electron chi connectivity index (χ4n) is 1.59. The van der Waals surface area contributed by atoms with Gasteiger partial charge in [0.25, 0.3) is 0 Å². The normalized spacial score (nSPS) is 14.1. The van der Waals surface area contributed by atoms with Gasteiger partial charge in [-0.2, -0.15) is 0 Å². The maximum Gasteiger partial charge on any atom is 0.161 e. The van der Waals surface area contributed by atoms with Gasteiger partial charge in [0.05, 0.1) is 13.7 Å². The molecule has 0 amide bonds. The first kappa shape index (κ1) is 14.8. The van der Waals surface area contributed by atoms with Gasteiger partial charge in [0.2, 0.25) is 0 Å². The Hall–Kier alpha value is -1.22. The zero-order valence-electron chi connectivity index (χ0n) is 12.1. The molecule has 0 fully saturated rings. The third-order valence-electron chi connectivity index (χ3n) is 3.34. The largest absolute Gasteiger partial charge is 0.493 e. The van der Waals surface area contributed by atoms with Gasteiger partial charge < -0.3 is 14.8 Å². The molecule has 3 nitrogen and oxygen atoms in total. The lowest BCUT2D eigenvalue weighted by Gasteiger charge is -2.16. The molecule has 1 N–H and O–H groups in total. The van der Waals surface area contributed by atoms with E-state index < -0.39 is 0 Å². The summed E-state index contributed by atoms with van der Waals surface area (Å²) in [5.74, 6) is 2.19. The molecule has 3 heteroatoms. The molecule has 1 rings (SSSR count). The smallest absolute Gasteiger partial charge is 0.161 e. The summed E-state index contributed by atoms with van der Waals surface area (Å²) in [6.07, 6.45) is 1.12. The minimum Gasteiger partial charge on any atom is -0.493 e. The Morgan fingerprint density at radius 2 is 1.94 bits per heavy atom. The van der Waals surface area contributed by atoms with Crippen molar-refractivity contribution in [3.8, 4) is 11.5 Å². The molecule has 0 saturated carbocycles. The molecule has 18 heavy (non-hydrogen) atoms. The molecule has 0 aliphatic carbocycles. The van der Waals surface area contributed by atoms with Crippen LogP contribution in [0.1, 0.15) is 38.8 Å². The highest BCUT2D eigenvalue weighted by Gasteiger charge is 2.10. The summed E-state index contributed by atoms with van der Waals surface area (Å²) in [6, 6.07) is 6.41. The summed E-state index contributed by atoms with van der Waals surface area (Å²) in [6.45, 7) is 7.20. The molecule has 0 heterocycles. The van der Waals surface area contributed by atoms with Crippen LogP contribution in [0.3, 0.4) is 0 Å². The predicted octanol–water partition coefficient (Wildman–Crippen LogP) is 3.40. The molecule has 1 aromatic carbocycles. The van der Waals surface area contributed by atoms with E-state index in [2.05, 4.69) is 32.2 Å². The summed E-state index contributed by atoms with van der Waals surface area (Å²) < 4.78 is 11.2. The molecule has 1 aromatic rings. The minimum atomic E-state index is 0.308. The van der Waals surface area contributed by atoms with Gasteiger partial charge in [-0.05, 0) is 37.6 Å². The van der Waals surface area contributed by atoms with Gasteiger partial charge in [0.15, 0.2) is 11.5 Å². The molecular weight excluding hydrogens is 226 g/mol. The van der Waals surface area contributed by atoms with Crippen LogP contribution in [-0.2, 0) is 0 Å². The molecular formula is C15H25NO2. The molecule has 0 aliphatic rings. The molecule has 0 bridgehead atoms. The minimum absolute atomic E-state index is 0.308. The first-order chi connectivity index (χ1) is 8.62. The summed E-state index contributed by atoms with van der Waals surface area (Å²) in [7, 11) is 3.63. The van der Waals surface area contributed by atoms with E-state index in [-0.39, 0.29) is 0 Å². The third kappa shape index (κ3) is 3.91. The summed E-state index contributed by atoms with van der Waals surface area (Å²) in [5, 5.41) is 3.21. The van der Waals surface area contributed by atoms with Crippen molar-refractivity contribution in [3.63, 3.8) is 0 Å². The first-order valence-corrected chi connectivity index (χ1v) is 6.60. The van der Waals surface area contributed by atoms with E-state index in [0.717, 1.165) is 24.5 Å². The lowest BCUT2D eigenvalue weighted by molar-refractivity contribution is 0.244. The van der Waals surface area contributed by atoms with E-state index in [0.29, 0.717) is 12.0 Å². The standard InChI is InChI=1S/C15H25NO2/c1-6-11(2)10-18-14-8-7-13(12(3)16-4)9-15(14)17-5/h7-9,11-12,16H,6,10H2,1-5H3. The third-order valence-corrected chi connectivity index (χ3v) is 3.34. The van der Waals surface area contributed by atoms with Crippen LogP contribution in [0.4, 0.5) is 0 Å². The van der Waals surface area contributed by atoms with Crippen LogP contribution in [-0.4, -0.2) is 20.8 Å². The number of nitrogens with one attached hydrogen (secondary N) is 1. The molecule has 0 radical (unpaired) electrons. The first-order valence-electron chi connectivity index (χ1n) is 6.60. The average molecular weight is 251 g/mol. The van der Waals surface area contributed by atoms with Crippen molar-refractivity contribution in [2.24, 2.45) is 5.92 Å². The van der Waals surface area contributed by atoms with Gasteiger partial charge in [0, 0.05) is 6.04 Å². The molecule has 0 aliphatic heterocycles. The highest BCUT2D eigenvalue weighted by atomic mass is 16.5.